The minimum absolute atomic E-state index is 0.207. The molecule has 3 aromatic rings. The third kappa shape index (κ3) is 4.49. The first-order valence-corrected chi connectivity index (χ1v) is 9.45. The number of amides is 1. The number of anilines is 2. The van der Waals surface area contributed by atoms with Gasteiger partial charge < -0.3 is 10.2 Å². The van der Waals surface area contributed by atoms with Crippen LogP contribution in [0.3, 0.4) is 0 Å². The van der Waals surface area contributed by atoms with Crippen LogP contribution in [0.25, 0.3) is 0 Å². The Morgan fingerprint density at radius 1 is 1.11 bits per heavy atom. The van der Waals surface area contributed by atoms with Gasteiger partial charge in [-0.2, -0.15) is 0 Å². The monoisotopic (exact) mass is 374 g/mol. The van der Waals surface area contributed by atoms with Gasteiger partial charge in [0.1, 0.15) is 0 Å². The maximum Gasteiger partial charge on any atom is 0.228 e. The molecule has 4 rings (SSSR count). The molecule has 1 N–H and O–H groups in total. The molecule has 0 radical (unpaired) electrons. The number of carbonyl (C=O) groups excluding carboxylic acids is 1. The molecule has 7 heteroatoms. The molecule has 7 nitrogen and oxygen atoms in total. The van der Waals surface area contributed by atoms with Gasteiger partial charge in [0.2, 0.25) is 11.9 Å². The number of aryl methyl sites for hydroxylation is 1. The number of nitrogens with one attached hydrogen (secondary N) is 1. The molecule has 2 aromatic heterocycles. The minimum atomic E-state index is 0.207. The quantitative estimate of drug-likeness (QED) is 0.714. The summed E-state index contributed by atoms with van der Waals surface area (Å²) in [5.41, 5.74) is 2.14. The highest BCUT2D eigenvalue weighted by molar-refractivity contribution is 5.76. The van der Waals surface area contributed by atoms with E-state index in [4.69, 9.17) is 0 Å². The lowest BCUT2D eigenvalue weighted by atomic mass is 10.1. The molecule has 0 saturated carbocycles. The fourth-order valence-corrected chi connectivity index (χ4v) is 3.42. The number of hydrogen-bond acceptors (Lipinski definition) is 6. The normalized spacial score (nSPS) is 16.1. The Morgan fingerprint density at radius 2 is 2.00 bits per heavy atom. The molecule has 28 heavy (non-hydrogen) atoms. The molecule has 0 spiro atoms. The third-order valence-corrected chi connectivity index (χ3v) is 4.91. The van der Waals surface area contributed by atoms with Gasteiger partial charge in [0.25, 0.3) is 0 Å². The lowest BCUT2D eigenvalue weighted by molar-refractivity contribution is -0.130. The van der Waals surface area contributed by atoms with E-state index in [0.29, 0.717) is 24.7 Å². The van der Waals surface area contributed by atoms with Gasteiger partial charge in [-0.25, -0.2) is 15.0 Å². The smallest absolute Gasteiger partial charge is 0.228 e. The molecule has 3 heterocycles. The number of aromatic nitrogens is 4. The van der Waals surface area contributed by atoms with E-state index in [-0.39, 0.29) is 11.8 Å². The number of rotatable bonds is 6. The number of hydrogen-bond donors (Lipinski definition) is 1. The van der Waals surface area contributed by atoms with Gasteiger partial charge in [-0.05, 0) is 24.5 Å². The zero-order valence-corrected chi connectivity index (χ0v) is 15.5. The van der Waals surface area contributed by atoms with Crippen molar-refractivity contribution in [2.24, 2.45) is 0 Å². The van der Waals surface area contributed by atoms with Gasteiger partial charge in [-0.15, -0.1) is 0 Å². The molecule has 0 unspecified atom stereocenters. The Morgan fingerprint density at radius 3 is 2.82 bits per heavy atom. The van der Waals surface area contributed by atoms with Gasteiger partial charge in [0.15, 0.2) is 5.82 Å². The molecule has 1 fully saturated rings. The molecule has 1 atom stereocenters. The topological polar surface area (TPSA) is 83.9 Å². The van der Waals surface area contributed by atoms with Crippen molar-refractivity contribution < 1.29 is 4.79 Å². The second kappa shape index (κ2) is 8.56. The van der Waals surface area contributed by atoms with Crippen LogP contribution in [0.1, 0.15) is 30.0 Å². The van der Waals surface area contributed by atoms with Crippen molar-refractivity contribution in [2.45, 2.75) is 25.2 Å². The number of benzene rings is 1. The molecule has 0 aliphatic carbocycles. The third-order valence-electron chi connectivity index (χ3n) is 4.91. The van der Waals surface area contributed by atoms with Gasteiger partial charge in [0.05, 0.1) is 11.9 Å². The maximum atomic E-state index is 12.6. The van der Waals surface area contributed by atoms with E-state index >= 15 is 0 Å². The number of nitrogens with zero attached hydrogens (tertiary/aromatic N) is 5. The van der Waals surface area contributed by atoms with Crippen LogP contribution in [0.2, 0.25) is 0 Å². The highest BCUT2D eigenvalue weighted by Gasteiger charge is 2.28. The van der Waals surface area contributed by atoms with Crippen LogP contribution in [0.15, 0.2) is 61.2 Å². The summed E-state index contributed by atoms with van der Waals surface area (Å²) >= 11 is 0. The van der Waals surface area contributed by atoms with Gasteiger partial charge in [-0.1, -0.05) is 30.3 Å². The molecule has 1 saturated heterocycles. The number of likely N-dealkylation sites (tertiary alicyclic amines) is 1. The van der Waals surface area contributed by atoms with E-state index in [2.05, 4.69) is 37.4 Å². The second-order valence-electron chi connectivity index (χ2n) is 6.83. The summed E-state index contributed by atoms with van der Waals surface area (Å²) in [5, 5.41) is 3.06. The average Bonchev–Trinajstić information content (AvgIpc) is 3.24. The first-order chi connectivity index (χ1) is 13.8. The van der Waals surface area contributed by atoms with Crippen molar-refractivity contribution in [1.82, 2.24) is 24.8 Å². The summed E-state index contributed by atoms with van der Waals surface area (Å²) in [6.45, 7) is 1.48. The summed E-state index contributed by atoms with van der Waals surface area (Å²) < 4.78 is 0. The van der Waals surface area contributed by atoms with Gasteiger partial charge in [-0.3, -0.25) is 9.78 Å². The lowest BCUT2D eigenvalue weighted by Gasteiger charge is -2.16. The highest BCUT2D eigenvalue weighted by atomic mass is 16.2. The fraction of sp³-hybridized carbons (Fsp3) is 0.286. The van der Waals surface area contributed by atoms with Crippen molar-refractivity contribution in [3.8, 4) is 0 Å². The molecular weight excluding hydrogens is 352 g/mol. The second-order valence-corrected chi connectivity index (χ2v) is 6.83. The lowest BCUT2D eigenvalue weighted by Crippen LogP contribution is -2.28. The van der Waals surface area contributed by atoms with Gasteiger partial charge >= 0.3 is 0 Å². The van der Waals surface area contributed by atoms with Crippen LogP contribution in [-0.2, 0) is 11.2 Å². The van der Waals surface area contributed by atoms with Crippen LogP contribution in [0, 0.1) is 0 Å². The molecular formula is C21H22N6O. The first-order valence-electron chi connectivity index (χ1n) is 9.45. The minimum Gasteiger partial charge on any atom is -0.342 e. The van der Waals surface area contributed by atoms with Crippen molar-refractivity contribution in [1.29, 1.82) is 0 Å². The Hall–Kier alpha value is -3.35. The van der Waals surface area contributed by atoms with Crippen LogP contribution in [0.4, 0.5) is 11.8 Å². The summed E-state index contributed by atoms with van der Waals surface area (Å²) in [6, 6.07) is 12.1. The first kappa shape index (κ1) is 18.0. The van der Waals surface area contributed by atoms with Crippen LogP contribution in [-0.4, -0.2) is 43.8 Å². The predicted octanol–water partition coefficient (Wildman–Crippen LogP) is 2.96. The van der Waals surface area contributed by atoms with E-state index in [1.54, 1.807) is 24.8 Å². The summed E-state index contributed by atoms with van der Waals surface area (Å²) in [7, 11) is 0. The molecule has 142 valence electrons. The Bertz CT molecular complexity index is 918. The molecule has 1 aliphatic rings. The van der Waals surface area contributed by atoms with Crippen molar-refractivity contribution in [3.63, 3.8) is 0 Å². The van der Waals surface area contributed by atoms with Crippen LogP contribution in [0.5, 0.6) is 0 Å². The summed E-state index contributed by atoms with van der Waals surface area (Å²) in [4.78, 5) is 31.6. The van der Waals surface area contributed by atoms with Crippen LogP contribution >= 0.6 is 0 Å². The Balaban J connectivity index is 1.34. The summed E-state index contributed by atoms with van der Waals surface area (Å²) in [5.74, 6) is 1.53. The van der Waals surface area contributed by atoms with E-state index in [9.17, 15) is 4.79 Å². The van der Waals surface area contributed by atoms with Gasteiger partial charge in [0, 0.05) is 44.0 Å². The number of carbonyl (C=O) groups is 1. The maximum absolute atomic E-state index is 12.6. The largest absolute Gasteiger partial charge is 0.342 e. The molecule has 1 aromatic carbocycles. The Labute approximate surface area is 163 Å². The van der Waals surface area contributed by atoms with E-state index < -0.39 is 0 Å². The predicted molar refractivity (Wildman–Crippen MR) is 106 cm³/mol. The fourth-order valence-electron chi connectivity index (χ4n) is 3.42. The molecule has 1 amide bonds. The Kier molecular flexibility index (Phi) is 5.51. The van der Waals surface area contributed by atoms with Crippen molar-refractivity contribution in [2.75, 3.05) is 18.4 Å². The zero-order valence-electron chi connectivity index (χ0n) is 15.5. The zero-order chi connectivity index (χ0) is 19.2. The van der Waals surface area contributed by atoms with Crippen molar-refractivity contribution in [3.05, 3.63) is 72.4 Å². The molecule has 1 aliphatic heterocycles. The average molecular weight is 374 g/mol. The molecule has 0 bridgehead atoms. The van der Waals surface area contributed by atoms with Crippen molar-refractivity contribution >= 4 is 17.7 Å². The SMILES string of the molecule is O=C(CCc1ccccc1)N1CC[C@@H](c2ccnc(Nc3cnccn3)n2)C1. The summed E-state index contributed by atoms with van der Waals surface area (Å²) in [6.07, 6.45) is 8.82. The standard InChI is InChI=1S/C21H22N6O/c28-20(7-6-16-4-2-1-3-5-16)27-13-9-17(15-27)18-8-10-24-21(25-18)26-19-14-22-11-12-23-19/h1-5,8,10-12,14,17H,6-7,9,13,15H2,(H,23,24,25,26)/t17-/m1/s1. The van der Waals surface area contributed by atoms with E-state index in [0.717, 1.165) is 25.1 Å². The van der Waals surface area contributed by atoms with Crippen LogP contribution < -0.4 is 5.32 Å². The van der Waals surface area contributed by atoms with E-state index in [1.165, 1.54) is 5.56 Å². The van der Waals surface area contributed by atoms with E-state index in [1.807, 2.05) is 29.2 Å². The highest BCUT2D eigenvalue weighted by Crippen LogP contribution is 2.27.